The van der Waals surface area contributed by atoms with E-state index in [4.69, 9.17) is 4.78 Å². The minimum atomic E-state index is -2.87. The fraction of sp³-hybridized carbons (Fsp3) is 0.333. The van der Waals surface area contributed by atoms with Gasteiger partial charge in [0.25, 0.3) is 11.8 Å². The third-order valence-corrected chi connectivity index (χ3v) is 5.67. The molecule has 1 aromatic rings. The van der Waals surface area contributed by atoms with E-state index in [1.807, 2.05) is 0 Å². The zero-order valence-corrected chi connectivity index (χ0v) is 10.4. The van der Waals surface area contributed by atoms with Gasteiger partial charge in [0.15, 0.2) is 0 Å². The fourth-order valence-electron chi connectivity index (χ4n) is 2.57. The third kappa shape index (κ3) is 1.42. The van der Waals surface area contributed by atoms with Crippen LogP contribution in [0.2, 0.25) is 0 Å². The second kappa shape index (κ2) is 3.65. The summed E-state index contributed by atoms with van der Waals surface area (Å²) in [4.78, 5) is 25.4. The van der Waals surface area contributed by atoms with Gasteiger partial charge in [0, 0.05) is 5.75 Å². The van der Waals surface area contributed by atoms with E-state index in [1.165, 1.54) is 0 Å². The average molecular weight is 264 g/mol. The first-order chi connectivity index (χ1) is 8.52. The van der Waals surface area contributed by atoms with Crippen molar-refractivity contribution in [1.29, 1.82) is 4.78 Å². The number of carbonyl (C=O) groups is 2. The number of amides is 2. The van der Waals surface area contributed by atoms with Crippen molar-refractivity contribution in [1.82, 2.24) is 4.90 Å². The Morgan fingerprint density at radius 2 is 1.72 bits per heavy atom. The van der Waals surface area contributed by atoms with Gasteiger partial charge < -0.3 is 0 Å². The molecule has 1 fully saturated rings. The number of fused-ring (bicyclic) bond motifs is 1. The summed E-state index contributed by atoms with van der Waals surface area (Å²) in [6.07, 6.45) is 1.09. The third-order valence-electron chi connectivity index (χ3n) is 3.45. The quantitative estimate of drug-likeness (QED) is 0.780. The minimum Gasteiger partial charge on any atom is -0.269 e. The molecule has 5 nitrogen and oxygen atoms in total. The Labute approximate surface area is 105 Å². The molecule has 0 aliphatic carbocycles. The highest BCUT2D eigenvalue weighted by atomic mass is 32.2. The molecule has 0 spiro atoms. The van der Waals surface area contributed by atoms with Crippen LogP contribution in [0, 0.1) is 4.78 Å². The lowest BCUT2D eigenvalue weighted by Gasteiger charge is -2.22. The summed E-state index contributed by atoms with van der Waals surface area (Å²) in [6, 6.07) is 6.58. The molecule has 0 radical (unpaired) electrons. The van der Waals surface area contributed by atoms with Crippen LogP contribution in [0.3, 0.4) is 0 Å². The minimum absolute atomic E-state index is 0.269. The summed E-state index contributed by atoms with van der Waals surface area (Å²) >= 11 is 0. The molecule has 1 aromatic carbocycles. The summed E-state index contributed by atoms with van der Waals surface area (Å²) in [5.41, 5.74) is 0.703. The molecule has 3 rings (SSSR count). The number of carbonyl (C=O) groups excluding carboxylic acids is 2. The maximum absolute atomic E-state index is 12.2. The van der Waals surface area contributed by atoms with Crippen molar-refractivity contribution in [2.75, 3.05) is 5.75 Å². The van der Waals surface area contributed by atoms with Crippen LogP contribution in [0.5, 0.6) is 0 Å². The molecule has 18 heavy (non-hydrogen) atoms. The van der Waals surface area contributed by atoms with E-state index in [1.54, 1.807) is 24.3 Å². The van der Waals surface area contributed by atoms with Crippen LogP contribution < -0.4 is 0 Å². The van der Waals surface area contributed by atoms with E-state index >= 15 is 0 Å². The summed E-state index contributed by atoms with van der Waals surface area (Å²) in [5.74, 6) is -0.560. The molecule has 94 valence electrons. The van der Waals surface area contributed by atoms with E-state index in [2.05, 4.69) is 0 Å². The fourth-order valence-corrected chi connectivity index (χ4v) is 4.51. The van der Waals surface area contributed by atoms with Gasteiger partial charge in [-0.05, 0) is 25.0 Å². The largest absolute Gasteiger partial charge is 0.269 e. The number of rotatable bonds is 1. The van der Waals surface area contributed by atoms with Crippen molar-refractivity contribution in [3.63, 3.8) is 0 Å². The van der Waals surface area contributed by atoms with Gasteiger partial charge in [-0.1, -0.05) is 12.1 Å². The predicted molar refractivity (Wildman–Crippen MR) is 65.7 cm³/mol. The Bertz CT molecular complexity index is 616. The van der Waals surface area contributed by atoms with Crippen molar-refractivity contribution in [2.24, 2.45) is 0 Å². The Morgan fingerprint density at radius 3 is 2.17 bits per heavy atom. The highest BCUT2D eigenvalue weighted by Crippen LogP contribution is 2.31. The molecule has 2 amide bonds. The Hall–Kier alpha value is -1.69. The molecule has 2 aliphatic rings. The molecule has 1 N–H and O–H groups in total. The SMILES string of the molecule is N=S1(=O)CCCC1N1C(=O)c2ccccc2C1=O. The van der Waals surface area contributed by atoms with Crippen LogP contribution in [0.25, 0.3) is 0 Å². The normalized spacial score (nSPS) is 30.9. The van der Waals surface area contributed by atoms with Gasteiger partial charge in [-0.15, -0.1) is 0 Å². The topological polar surface area (TPSA) is 78.3 Å². The second-order valence-corrected chi connectivity index (χ2v) is 6.96. The first-order valence-electron chi connectivity index (χ1n) is 5.74. The molecule has 2 heterocycles. The molecular formula is C12H12N2O3S. The lowest BCUT2D eigenvalue weighted by atomic mass is 10.1. The van der Waals surface area contributed by atoms with Gasteiger partial charge in [-0.3, -0.25) is 19.3 Å². The number of benzene rings is 1. The maximum atomic E-state index is 12.2. The Kier molecular flexibility index (Phi) is 2.31. The van der Waals surface area contributed by atoms with Crippen molar-refractivity contribution in [3.8, 4) is 0 Å². The maximum Gasteiger partial charge on any atom is 0.262 e. The average Bonchev–Trinajstić information content (AvgIpc) is 2.80. The van der Waals surface area contributed by atoms with Crippen LogP contribution in [0.1, 0.15) is 33.6 Å². The molecule has 1 saturated heterocycles. The van der Waals surface area contributed by atoms with Gasteiger partial charge in [0.05, 0.1) is 20.9 Å². The Balaban J connectivity index is 2.08. The molecule has 0 aromatic heterocycles. The van der Waals surface area contributed by atoms with Gasteiger partial charge in [-0.25, -0.2) is 4.21 Å². The standard InChI is InChI=1S/C12H12N2O3S/c13-18(17)7-3-6-10(18)14-11(15)8-4-1-2-5-9(8)12(14)16/h1-2,4-5,10,13H,3,6-7H2. The van der Waals surface area contributed by atoms with Crippen LogP contribution in [-0.2, 0) is 9.73 Å². The lowest BCUT2D eigenvalue weighted by molar-refractivity contribution is 0.0632. The van der Waals surface area contributed by atoms with Crippen molar-refractivity contribution >= 4 is 21.5 Å². The summed E-state index contributed by atoms with van der Waals surface area (Å²) in [6.45, 7) is 0. The van der Waals surface area contributed by atoms with Crippen molar-refractivity contribution < 1.29 is 13.8 Å². The number of hydrogen-bond donors (Lipinski definition) is 1. The second-order valence-electron chi connectivity index (χ2n) is 4.55. The van der Waals surface area contributed by atoms with Gasteiger partial charge in [0.2, 0.25) is 0 Å². The van der Waals surface area contributed by atoms with Crippen LogP contribution in [0.4, 0.5) is 0 Å². The number of imide groups is 1. The van der Waals surface area contributed by atoms with Crippen LogP contribution in [-0.4, -0.2) is 32.0 Å². The molecule has 6 heteroatoms. The number of nitrogens with zero attached hydrogens (tertiary/aromatic N) is 1. The highest BCUT2D eigenvalue weighted by Gasteiger charge is 2.45. The van der Waals surface area contributed by atoms with Crippen LogP contribution >= 0.6 is 0 Å². The predicted octanol–water partition coefficient (Wildman–Crippen LogP) is 1.45. The van der Waals surface area contributed by atoms with E-state index in [0.29, 0.717) is 24.0 Å². The smallest absolute Gasteiger partial charge is 0.262 e. The molecular weight excluding hydrogens is 252 g/mol. The summed E-state index contributed by atoms with van der Waals surface area (Å²) in [5, 5.41) is -0.759. The first kappa shape index (κ1) is 11.4. The van der Waals surface area contributed by atoms with Crippen molar-refractivity contribution in [3.05, 3.63) is 35.4 Å². The summed E-state index contributed by atoms with van der Waals surface area (Å²) in [7, 11) is -2.87. The Morgan fingerprint density at radius 1 is 1.17 bits per heavy atom. The van der Waals surface area contributed by atoms with Gasteiger partial charge >= 0.3 is 0 Å². The molecule has 0 bridgehead atoms. The van der Waals surface area contributed by atoms with Crippen LogP contribution in [0.15, 0.2) is 24.3 Å². The number of nitrogens with one attached hydrogen (secondary N) is 1. The van der Waals surface area contributed by atoms with E-state index in [0.717, 1.165) is 4.90 Å². The summed E-state index contributed by atoms with van der Waals surface area (Å²) < 4.78 is 19.8. The van der Waals surface area contributed by atoms with Gasteiger partial charge in [-0.2, -0.15) is 0 Å². The molecule has 2 aliphatic heterocycles. The monoisotopic (exact) mass is 264 g/mol. The molecule has 0 saturated carbocycles. The molecule has 2 unspecified atom stereocenters. The molecule has 2 atom stereocenters. The van der Waals surface area contributed by atoms with E-state index in [9.17, 15) is 13.8 Å². The van der Waals surface area contributed by atoms with Crippen molar-refractivity contribution in [2.45, 2.75) is 18.2 Å². The van der Waals surface area contributed by atoms with E-state index in [-0.39, 0.29) is 5.75 Å². The number of hydrogen-bond acceptors (Lipinski definition) is 4. The lowest BCUT2D eigenvalue weighted by Crippen LogP contribution is -2.42. The van der Waals surface area contributed by atoms with E-state index < -0.39 is 26.9 Å². The first-order valence-corrected chi connectivity index (χ1v) is 7.53. The van der Waals surface area contributed by atoms with Gasteiger partial charge in [0.1, 0.15) is 5.37 Å². The zero-order valence-electron chi connectivity index (χ0n) is 9.59. The zero-order chi connectivity index (χ0) is 12.9. The highest BCUT2D eigenvalue weighted by molar-refractivity contribution is 7.93.